The number of aryl methyl sites for hydroxylation is 1. The summed E-state index contributed by atoms with van der Waals surface area (Å²) in [4.78, 5) is 40.7. The maximum Gasteiger partial charge on any atom is 0.233 e. The van der Waals surface area contributed by atoms with Gasteiger partial charge < -0.3 is 4.57 Å². The molecule has 1 aliphatic carbocycles. The second kappa shape index (κ2) is 7.65. The molecule has 2 atom stereocenters. The van der Waals surface area contributed by atoms with Gasteiger partial charge in [0.25, 0.3) is 0 Å². The molecular weight excluding hydrogens is 388 g/mol. The Morgan fingerprint density at radius 1 is 0.903 bits per heavy atom. The van der Waals surface area contributed by atoms with E-state index in [1.54, 1.807) is 0 Å². The molecule has 5 rings (SSSR count). The van der Waals surface area contributed by atoms with Crippen LogP contribution in [-0.4, -0.2) is 33.6 Å². The molecule has 1 fully saturated rings. The van der Waals surface area contributed by atoms with Gasteiger partial charge in [0.05, 0.1) is 29.6 Å². The fraction of sp³-hybridized carbons (Fsp3) is 0.269. The third-order valence-corrected chi connectivity index (χ3v) is 6.51. The Kier molecular flexibility index (Phi) is 4.81. The molecule has 2 aromatic carbocycles. The number of likely N-dealkylation sites (tertiary alicyclic amines) is 1. The van der Waals surface area contributed by atoms with Crippen molar-refractivity contribution >= 4 is 28.5 Å². The van der Waals surface area contributed by atoms with Gasteiger partial charge in [-0.25, -0.2) is 0 Å². The minimum atomic E-state index is -0.323. The lowest BCUT2D eigenvalue weighted by atomic mass is 9.85. The number of ketones is 1. The number of amides is 2. The number of hydrogen-bond donors (Lipinski definition) is 0. The molecule has 156 valence electrons. The van der Waals surface area contributed by atoms with E-state index in [0.717, 1.165) is 22.2 Å². The van der Waals surface area contributed by atoms with Crippen molar-refractivity contribution < 1.29 is 14.4 Å². The van der Waals surface area contributed by atoms with Crippen LogP contribution in [0.15, 0.2) is 66.7 Å². The van der Waals surface area contributed by atoms with Crippen molar-refractivity contribution in [2.24, 2.45) is 11.8 Å². The van der Waals surface area contributed by atoms with Crippen molar-refractivity contribution in [2.45, 2.75) is 26.3 Å². The van der Waals surface area contributed by atoms with Gasteiger partial charge in [0.15, 0.2) is 5.78 Å². The molecule has 1 aromatic heterocycles. The Morgan fingerprint density at radius 3 is 2.16 bits per heavy atom. The van der Waals surface area contributed by atoms with Gasteiger partial charge >= 0.3 is 0 Å². The lowest BCUT2D eigenvalue weighted by molar-refractivity contribution is -0.139. The first kappa shape index (κ1) is 19.5. The monoisotopic (exact) mass is 412 g/mol. The summed E-state index contributed by atoms with van der Waals surface area (Å²) in [6.45, 7) is 2.55. The molecule has 0 unspecified atom stereocenters. The number of nitrogens with zero attached hydrogens (tertiary/aromatic N) is 2. The second-order valence-corrected chi connectivity index (χ2v) is 8.19. The number of rotatable bonds is 5. The zero-order chi connectivity index (χ0) is 21.5. The summed E-state index contributed by atoms with van der Waals surface area (Å²) in [5, 5.41) is 0.853. The normalized spacial score (nSPS) is 20.5. The molecule has 0 spiro atoms. The molecule has 2 heterocycles. The van der Waals surface area contributed by atoms with Gasteiger partial charge in [0.1, 0.15) is 0 Å². The fourth-order valence-electron chi connectivity index (χ4n) is 5.06. The number of allylic oxidation sites excluding steroid dienone is 2. The number of imide groups is 1. The molecule has 2 amide bonds. The fourth-order valence-corrected chi connectivity index (χ4v) is 5.06. The molecule has 1 saturated heterocycles. The molecule has 1 aliphatic heterocycles. The predicted molar refractivity (Wildman–Crippen MR) is 119 cm³/mol. The van der Waals surface area contributed by atoms with Crippen LogP contribution in [0.3, 0.4) is 0 Å². The zero-order valence-electron chi connectivity index (χ0n) is 17.5. The number of fused-ring (bicyclic) bond motifs is 2. The summed E-state index contributed by atoms with van der Waals surface area (Å²) in [6.07, 6.45) is 5.06. The molecule has 2 aliphatic rings. The highest BCUT2D eigenvalue weighted by Crippen LogP contribution is 2.37. The number of Topliss-reactive ketones (excluding diaryl/α,β-unsaturated/α-hetero) is 1. The van der Waals surface area contributed by atoms with E-state index in [9.17, 15) is 14.4 Å². The Balaban J connectivity index is 1.59. The average molecular weight is 412 g/mol. The first-order valence-corrected chi connectivity index (χ1v) is 10.8. The van der Waals surface area contributed by atoms with Crippen molar-refractivity contribution in [3.63, 3.8) is 0 Å². The Labute approximate surface area is 181 Å². The molecule has 0 bridgehead atoms. The number of carbonyl (C=O) groups is 3. The number of para-hydroxylation sites is 1. The van der Waals surface area contributed by atoms with Crippen LogP contribution >= 0.6 is 0 Å². The second-order valence-electron chi connectivity index (χ2n) is 8.19. The molecular formula is C26H24N2O3. The van der Waals surface area contributed by atoms with E-state index in [2.05, 4.69) is 11.5 Å². The average Bonchev–Trinajstić information content (AvgIpc) is 3.27. The molecule has 0 saturated carbocycles. The van der Waals surface area contributed by atoms with E-state index < -0.39 is 0 Å². The van der Waals surface area contributed by atoms with Crippen LogP contribution in [-0.2, 0) is 16.1 Å². The summed E-state index contributed by atoms with van der Waals surface area (Å²) in [5.74, 6) is -1.27. The highest BCUT2D eigenvalue weighted by atomic mass is 16.2. The van der Waals surface area contributed by atoms with E-state index in [1.165, 1.54) is 4.90 Å². The van der Waals surface area contributed by atoms with Crippen molar-refractivity contribution in [1.82, 2.24) is 9.47 Å². The van der Waals surface area contributed by atoms with Crippen molar-refractivity contribution in [1.29, 1.82) is 0 Å². The lowest BCUT2D eigenvalue weighted by Gasteiger charge is -2.15. The smallest absolute Gasteiger partial charge is 0.233 e. The van der Waals surface area contributed by atoms with Gasteiger partial charge in [-0.05, 0) is 31.4 Å². The van der Waals surface area contributed by atoms with Gasteiger partial charge in [0.2, 0.25) is 11.8 Å². The SMILES string of the molecule is CCn1c(-c2ccccc2)c(C(=O)CN2C(=O)[C@@H]3CC=CC[C@H]3C2=O)c2ccccc21. The summed E-state index contributed by atoms with van der Waals surface area (Å²) >= 11 is 0. The Hall–Kier alpha value is -3.47. The third-order valence-electron chi connectivity index (χ3n) is 6.51. The molecule has 31 heavy (non-hydrogen) atoms. The van der Waals surface area contributed by atoms with Crippen molar-refractivity contribution in [3.05, 3.63) is 72.3 Å². The summed E-state index contributed by atoms with van der Waals surface area (Å²) in [7, 11) is 0. The Bertz CT molecular complexity index is 1200. The quantitative estimate of drug-likeness (QED) is 0.353. The molecule has 5 nitrogen and oxygen atoms in total. The number of carbonyl (C=O) groups excluding carboxylic acids is 3. The first-order valence-electron chi connectivity index (χ1n) is 10.8. The molecule has 3 aromatic rings. The van der Waals surface area contributed by atoms with Gasteiger partial charge in [-0.3, -0.25) is 19.3 Å². The van der Waals surface area contributed by atoms with Gasteiger partial charge in [-0.1, -0.05) is 60.7 Å². The molecule has 0 N–H and O–H groups in total. The standard InChI is InChI=1S/C26H24N2O3/c1-2-27-21-15-9-8-14-20(21)23(24(27)17-10-4-3-5-11-17)22(29)16-28-25(30)18-12-6-7-13-19(18)26(28)31/h3-11,14-15,18-19H,2,12-13,16H2,1H3/t18-,19-/m1/s1. The van der Waals surface area contributed by atoms with Crippen LogP contribution in [0.2, 0.25) is 0 Å². The number of benzene rings is 2. The summed E-state index contributed by atoms with van der Waals surface area (Å²) in [6, 6.07) is 17.7. The van der Waals surface area contributed by atoms with Crippen LogP contribution in [0, 0.1) is 11.8 Å². The van der Waals surface area contributed by atoms with Gasteiger partial charge in [-0.15, -0.1) is 0 Å². The Morgan fingerprint density at radius 2 is 1.52 bits per heavy atom. The van der Waals surface area contributed by atoms with Crippen molar-refractivity contribution in [3.8, 4) is 11.3 Å². The maximum absolute atomic E-state index is 13.7. The van der Waals surface area contributed by atoms with E-state index >= 15 is 0 Å². The maximum atomic E-state index is 13.7. The van der Waals surface area contributed by atoms with Crippen LogP contribution in [0.1, 0.15) is 30.1 Å². The minimum Gasteiger partial charge on any atom is -0.340 e. The highest BCUT2D eigenvalue weighted by Gasteiger charge is 2.47. The third kappa shape index (κ3) is 3.03. The van der Waals surface area contributed by atoms with E-state index in [4.69, 9.17) is 0 Å². The van der Waals surface area contributed by atoms with Crippen LogP contribution in [0.4, 0.5) is 0 Å². The van der Waals surface area contributed by atoms with Crippen LogP contribution in [0.5, 0.6) is 0 Å². The van der Waals surface area contributed by atoms with Gasteiger partial charge in [-0.2, -0.15) is 0 Å². The topological polar surface area (TPSA) is 59.4 Å². The minimum absolute atomic E-state index is 0.199. The summed E-state index contributed by atoms with van der Waals surface area (Å²) in [5.41, 5.74) is 3.34. The number of hydrogen-bond acceptors (Lipinski definition) is 3. The van der Waals surface area contributed by atoms with Crippen molar-refractivity contribution in [2.75, 3.05) is 6.54 Å². The lowest BCUT2D eigenvalue weighted by Crippen LogP contribution is -2.36. The number of aromatic nitrogens is 1. The van der Waals surface area contributed by atoms with Crippen LogP contribution < -0.4 is 0 Å². The van der Waals surface area contributed by atoms with E-state index in [0.29, 0.717) is 24.9 Å². The van der Waals surface area contributed by atoms with E-state index in [-0.39, 0.29) is 36.0 Å². The first-order chi connectivity index (χ1) is 15.1. The highest BCUT2D eigenvalue weighted by molar-refractivity contribution is 6.17. The van der Waals surface area contributed by atoms with E-state index in [1.807, 2.05) is 66.7 Å². The molecule has 0 radical (unpaired) electrons. The molecule has 5 heteroatoms. The predicted octanol–water partition coefficient (Wildman–Crippen LogP) is 4.46. The van der Waals surface area contributed by atoms with Gasteiger partial charge in [0, 0.05) is 17.4 Å². The van der Waals surface area contributed by atoms with Crippen LogP contribution in [0.25, 0.3) is 22.2 Å². The largest absolute Gasteiger partial charge is 0.340 e. The zero-order valence-corrected chi connectivity index (χ0v) is 17.5. The summed E-state index contributed by atoms with van der Waals surface area (Å²) < 4.78 is 2.13.